The molecule has 0 amide bonds. The van der Waals surface area contributed by atoms with Gasteiger partial charge in [0.25, 0.3) is 0 Å². The average molecular weight is 314 g/mol. The monoisotopic (exact) mass is 314 g/mol. The van der Waals surface area contributed by atoms with Crippen molar-refractivity contribution >= 4 is 16.7 Å². The zero-order chi connectivity index (χ0) is 16.8. The minimum absolute atomic E-state index is 0.185. The van der Waals surface area contributed by atoms with E-state index < -0.39 is 0 Å². The minimum Gasteiger partial charge on any atom is -0.469 e. The fourth-order valence-electron chi connectivity index (χ4n) is 2.58. The van der Waals surface area contributed by atoms with Gasteiger partial charge in [-0.25, -0.2) is 0 Å². The van der Waals surface area contributed by atoms with Crippen LogP contribution in [0.1, 0.15) is 23.1 Å². The largest absolute Gasteiger partial charge is 0.469 e. The van der Waals surface area contributed by atoms with Gasteiger partial charge in [0, 0.05) is 17.5 Å². The third-order valence-electron chi connectivity index (χ3n) is 3.93. The molecule has 24 heavy (non-hydrogen) atoms. The molecule has 0 spiro atoms. The van der Waals surface area contributed by atoms with Crippen molar-refractivity contribution in [1.29, 1.82) is 0 Å². The Labute approximate surface area is 142 Å². The van der Waals surface area contributed by atoms with Gasteiger partial charge in [-0.2, -0.15) is 0 Å². The van der Waals surface area contributed by atoms with E-state index in [-0.39, 0.29) is 5.97 Å². The lowest BCUT2D eigenvalue weighted by Gasteiger charge is -2.01. The molecule has 0 saturated carbocycles. The number of rotatable bonds is 3. The van der Waals surface area contributed by atoms with Crippen LogP contribution in [-0.2, 0) is 16.0 Å². The van der Waals surface area contributed by atoms with Crippen molar-refractivity contribution in [2.24, 2.45) is 0 Å². The molecule has 0 unspecified atom stereocenters. The van der Waals surface area contributed by atoms with Gasteiger partial charge in [0.15, 0.2) is 0 Å². The molecule has 0 aliphatic carbocycles. The second-order valence-electron chi connectivity index (χ2n) is 5.55. The first kappa shape index (κ1) is 15.8. The quantitative estimate of drug-likeness (QED) is 0.531. The van der Waals surface area contributed by atoms with E-state index in [1.807, 2.05) is 48.5 Å². The van der Waals surface area contributed by atoms with Gasteiger partial charge in [-0.3, -0.25) is 4.79 Å². The number of benzene rings is 3. The number of fused-ring (bicyclic) bond motifs is 1. The van der Waals surface area contributed by atoms with Gasteiger partial charge < -0.3 is 4.74 Å². The maximum absolute atomic E-state index is 11.2. The zero-order valence-corrected chi connectivity index (χ0v) is 13.6. The molecule has 0 atom stereocenters. The number of carbonyl (C=O) groups is 1. The maximum atomic E-state index is 11.2. The molecule has 2 heteroatoms. The summed E-state index contributed by atoms with van der Waals surface area (Å²) in [5.74, 6) is 6.29. The first-order valence-electron chi connectivity index (χ1n) is 7.92. The molecule has 0 saturated heterocycles. The smallest absolute Gasteiger partial charge is 0.305 e. The van der Waals surface area contributed by atoms with Crippen molar-refractivity contribution < 1.29 is 9.53 Å². The number of aryl methyl sites for hydroxylation is 1. The summed E-state index contributed by atoms with van der Waals surface area (Å²) >= 11 is 0. The summed E-state index contributed by atoms with van der Waals surface area (Å²) in [7, 11) is 1.41. The van der Waals surface area contributed by atoms with Crippen molar-refractivity contribution in [3.63, 3.8) is 0 Å². The van der Waals surface area contributed by atoms with E-state index in [4.69, 9.17) is 0 Å². The molecule has 3 rings (SSSR count). The van der Waals surface area contributed by atoms with Crippen molar-refractivity contribution in [3.05, 3.63) is 83.4 Å². The molecule has 0 heterocycles. The summed E-state index contributed by atoms with van der Waals surface area (Å²) in [4.78, 5) is 11.2. The van der Waals surface area contributed by atoms with E-state index in [0.717, 1.165) is 16.7 Å². The molecule has 0 radical (unpaired) electrons. The number of hydrogen-bond donors (Lipinski definition) is 0. The van der Waals surface area contributed by atoms with Crippen LogP contribution in [0.25, 0.3) is 10.8 Å². The fraction of sp³-hybridized carbons (Fsp3) is 0.136. The number of ether oxygens (including phenoxy) is 1. The Hall–Kier alpha value is -3.05. The lowest BCUT2D eigenvalue weighted by molar-refractivity contribution is -0.140. The molecule has 0 fully saturated rings. The molecule has 118 valence electrons. The third kappa shape index (κ3) is 3.83. The second kappa shape index (κ2) is 7.48. The topological polar surface area (TPSA) is 26.3 Å². The summed E-state index contributed by atoms with van der Waals surface area (Å²) < 4.78 is 4.66. The normalized spacial score (nSPS) is 10.0. The van der Waals surface area contributed by atoms with E-state index >= 15 is 0 Å². The van der Waals surface area contributed by atoms with Crippen LogP contribution in [0, 0.1) is 11.8 Å². The summed E-state index contributed by atoms with van der Waals surface area (Å²) in [5, 5.41) is 2.37. The third-order valence-corrected chi connectivity index (χ3v) is 3.93. The van der Waals surface area contributed by atoms with Gasteiger partial charge in [-0.05, 0) is 41.0 Å². The van der Waals surface area contributed by atoms with E-state index in [1.165, 1.54) is 17.9 Å². The molecular formula is C22H18O2. The van der Waals surface area contributed by atoms with Crippen LogP contribution in [0.15, 0.2) is 66.7 Å². The van der Waals surface area contributed by atoms with E-state index in [2.05, 4.69) is 34.8 Å². The highest BCUT2D eigenvalue weighted by Gasteiger charge is 2.01. The highest BCUT2D eigenvalue weighted by atomic mass is 16.5. The van der Waals surface area contributed by atoms with Crippen LogP contribution >= 0.6 is 0 Å². The van der Waals surface area contributed by atoms with Gasteiger partial charge in [-0.1, -0.05) is 60.4 Å². The van der Waals surface area contributed by atoms with Crippen LogP contribution in [0.3, 0.4) is 0 Å². The van der Waals surface area contributed by atoms with Gasteiger partial charge >= 0.3 is 5.97 Å². The van der Waals surface area contributed by atoms with Crippen LogP contribution in [0.2, 0.25) is 0 Å². The van der Waals surface area contributed by atoms with Gasteiger partial charge in [0.2, 0.25) is 0 Å². The number of hydrogen-bond acceptors (Lipinski definition) is 2. The van der Waals surface area contributed by atoms with Crippen molar-refractivity contribution in [3.8, 4) is 11.8 Å². The summed E-state index contributed by atoms with van der Waals surface area (Å²) in [6, 6.07) is 22.4. The standard InChI is InChI=1S/C22H18O2/c1-24-22(23)16-14-18-11-9-17(10-12-18)13-15-20-7-4-6-19-5-2-3-8-21(19)20/h2-12H,14,16H2,1H3. The molecule has 3 aromatic carbocycles. The maximum Gasteiger partial charge on any atom is 0.305 e. The first-order valence-corrected chi connectivity index (χ1v) is 7.92. The van der Waals surface area contributed by atoms with E-state index in [0.29, 0.717) is 12.8 Å². The summed E-state index contributed by atoms with van der Waals surface area (Å²) in [5.41, 5.74) is 3.10. The van der Waals surface area contributed by atoms with Crippen molar-refractivity contribution in [2.75, 3.05) is 7.11 Å². The number of carbonyl (C=O) groups excluding carboxylic acids is 1. The predicted octanol–water partition coefficient (Wildman–Crippen LogP) is 4.35. The zero-order valence-electron chi connectivity index (χ0n) is 13.6. The molecule has 0 N–H and O–H groups in total. The number of esters is 1. The molecule has 0 aromatic heterocycles. The van der Waals surface area contributed by atoms with Crippen LogP contribution in [0.4, 0.5) is 0 Å². The fourth-order valence-corrected chi connectivity index (χ4v) is 2.58. The number of methoxy groups -OCH3 is 1. The van der Waals surface area contributed by atoms with Crippen LogP contribution in [-0.4, -0.2) is 13.1 Å². The lowest BCUT2D eigenvalue weighted by Crippen LogP contribution is -2.01. The van der Waals surface area contributed by atoms with Crippen molar-refractivity contribution in [2.45, 2.75) is 12.8 Å². The molecule has 3 aromatic rings. The molecule has 2 nitrogen and oxygen atoms in total. The van der Waals surface area contributed by atoms with Crippen LogP contribution in [0.5, 0.6) is 0 Å². The Kier molecular flexibility index (Phi) is 4.93. The minimum atomic E-state index is -0.185. The highest BCUT2D eigenvalue weighted by molar-refractivity contribution is 5.88. The Morgan fingerprint density at radius 1 is 0.917 bits per heavy atom. The van der Waals surface area contributed by atoms with Gasteiger partial charge in [0.1, 0.15) is 0 Å². The molecule has 0 aliphatic rings. The van der Waals surface area contributed by atoms with Crippen molar-refractivity contribution in [1.82, 2.24) is 0 Å². The Morgan fingerprint density at radius 3 is 2.46 bits per heavy atom. The SMILES string of the molecule is COC(=O)CCc1ccc(C#Cc2cccc3ccccc23)cc1. The second-order valence-corrected chi connectivity index (χ2v) is 5.55. The predicted molar refractivity (Wildman–Crippen MR) is 96.7 cm³/mol. The first-order chi connectivity index (χ1) is 11.8. The molecule has 0 aliphatic heterocycles. The molecular weight excluding hydrogens is 296 g/mol. The van der Waals surface area contributed by atoms with Gasteiger partial charge in [-0.15, -0.1) is 0 Å². The van der Waals surface area contributed by atoms with Crippen LogP contribution < -0.4 is 0 Å². The highest BCUT2D eigenvalue weighted by Crippen LogP contribution is 2.17. The average Bonchev–Trinajstić information content (AvgIpc) is 2.65. The Morgan fingerprint density at radius 2 is 1.67 bits per heavy atom. The Balaban J connectivity index is 1.77. The van der Waals surface area contributed by atoms with Gasteiger partial charge in [0.05, 0.1) is 7.11 Å². The van der Waals surface area contributed by atoms with E-state index in [9.17, 15) is 4.79 Å². The summed E-state index contributed by atoms with van der Waals surface area (Å²) in [6.07, 6.45) is 1.08. The Bertz CT molecular complexity index is 907. The molecule has 0 bridgehead atoms. The van der Waals surface area contributed by atoms with E-state index in [1.54, 1.807) is 0 Å². The lowest BCUT2D eigenvalue weighted by atomic mass is 10.0. The summed E-state index contributed by atoms with van der Waals surface area (Å²) in [6.45, 7) is 0.